The highest BCUT2D eigenvalue weighted by atomic mass is 16.6. The van der Waals surface area contributed by atoms with Crippen LogP contribution in [0.5, 0.6) is 11.5 Å². The van der Waals surface area contributed by atoms with E-state index < -0.39 is 17.8 Å². The molecular formula is C27H35N3O7. The van der Waals surface area contributed by atoms with Crippen LogP contribution in [-0.2, 0) is 25.6 Å². The molecule has 0 bridgehead atoms. The maximum atomic E-state index is 12.9. The van der Waals surface area contributed by atoms with Gasteiger partial charge < -0.3 is 30.0 Å². The first-order chi connectivity index (χ1) is 17.7. The zero-order valence-electron chi connectivity index (χ0n) is 21.3. The molecule has 200 valence electrons. The Balaban J connectivity index is 1.89. The van der Waals surface area contributed by atoms with Gasteiger partial charge in [-0.25, -0.2) is 4.79 Å². The zero-order chi connectivity index (χ0) is 26.8. The quantitative estimate of drug-likeness (QED) is 0.320. The highest BCUT2D eigenvalue weighted by Gasteiger charge is 2.23. The summed E-state index contributed by atoms with van der Waals surface area (Å²) in [6, 6.07) is 2.14. The lowest BCUT2D eigenvalue weighted by Crippen LogP contribution is -2.37. The molecule has 0 radical (unpaired) electrons. The van der Waals surface area contributed by atoms with Crippen molar-refractivity contribution < 1.29 is 34.2 Å². The van der Waals surface area contributed by atoms with Crippen molar-refractivity contribution >= 4 is 23.5 Å². The minimum absolute atomic E-state index is 0.00974. The Labute approximate surface area is 216 Å². The number of amides is 2. The smallest absolute Gasteiger partial charge is 0.342 e. The monoisotopic (exact) mass is 513 g/mol. The van der Waals surface area contributed by atoms with Crippen molar-refractivity contribution in [1.82, 2.24) is 10.2 Å². The fourth-order valence-electron chi connectivity index (χ4n) is 4.29. The lowest BCUT2D eigenvalue weighted by atomic mass is 9.99. The first kappa shape index (κ1) is 27.8. The van der Waals surface area contributed by atoms with Crippen molar-refractivity contribution in [1.29, 1.82) is 0 Å². The molecule has 1 aromatic carbocycles. The number of aromatic hydroxyl groups is 2. The molecule has 2 unspecified atom stereocenters. The van der Waals surface area contributed by atoms with Crippen molar-refractivity contribution in [2.45, 2.75) is 64.5 Å². The van der Waals surface area contributed by atoms with Gasteiger partial charge in [-0.3, -0.25) is 9.59 Å². The number of allylic oxidation sites excluding steroid dienone is 1. The molecule has 3 N–H and O–H groups in total. The van der Waals surface area contributed by atoms with E-state index in [9.17, 15) is 24.6 Å². The van der Waals surface area contributed by atoms with E-state index in [1.54, 1.807) is 24.0 Å². The molecule has 0 aromatic heterocycles. The van der Waals surface area contributed by atoms with E-state index in [2.05, 4.69) is 10.5 Å². The van der Waals surface area contributed by atoms with E-state index in [1.807, 2.05) is 12.2 Å². The lowest BCUT2D eigenvalue weighted by molar-refractivity contribution is -0.137. The predicted molar refractivity (Wildman–Crippen MR) is 137 cm³/mol. The second-order valence-corrected chi connectivity index (χ2v) is 9.30. The van der Waals surface area contributed by atoms with Gasteiger partial charge >= 0.3 is 5.97 Å². The highest BCUT2D eigenvalue weighted by Crippen LogP contribution is 2.29. The lowest BCUT2D eigenvalue weighted by Gasteiger charge is -2.26. The van der Waals surface area contributed by atoms with E-state index in [0.29, 0.717) is 31.6 Å². The third-order valence-corrected chi connectivity index (χ3v) is 6.07. The number of rotatable bonds is 4. The van der Waals surface area contributed by atoms with Crippen molar-refractivity contribution in [3.8, 4) is 11.5 Å². The molecule has 3 rings (SSSR count). The molecule has 1 aromatic rings. The average molecular weight is 514 g/mol. The number of phenolic OH excluding ortho intramolecular Hbond substituents is 2. The first-order valence-corrected chi connectivity index (χ1v) is 12.6. The summed E-state index contributed by atoms with van der Waals surface area (Å²) in [7, 11) is 0. The number of hydrogen-bond donors (Lipinski definition) is 3. The number of cyclic esters (lactones) is 1. The second-order valence-electron chi connectivity index (χ2n) is 9.30. The summed E-state index contributed by atoms with van der Waals surface area (Å²) in [5.74, 6) is -1.72. The number of carbonyl (C=O) groups excluding carboxylic acids is 3. The van der Waals surface area contributed by atoms with Gasteiger partial charge in [-0.2, -0.15) is 0 Å². The van der Waals surface area contributed by atoms with Crippen LogP contribution in [0.25, 0.3) is 0 Å². The molecule has 2 aliphatic heterocycles. The van der Waals surface area contributed by atoms with Crippen LogP contribution in [0.2, 0.25) is 0 Å². The fraction of sp³-hybridized carbons (Fsp3) is 0.481. The van der Waals surface area contributed by atoms with Gasteiger partial charge in [0, 0.05) is 38.9 Å². The van der Waals surface area contributed by atoms with Gasteiger partial charge in [0.25, 0.3) is 5.91 Å². The Hall–Kier alpha value is -3.82. The topological polar surface area (TPSA) is 138 Å². The van der Waals surface area contributed by atoms with Gasteiger partial charge in [0.05, 0.1) is 11.8 Å². The van der Waals surface area contributed by atoms with Gasteiger partial charge in [0.2, 0.25) is 5.91 Å². The molecule has 0 aliphatic carbocycles. The maximum Gasteiger partial charge on any atom is 0.342 e. The van der Waals surface area contributed by atoms with Crippen molar-refractivity contribution in [3.05, 3.63) is 47.6 Å². The van der Waals surface area contributed by atoms with E-state index in [-0.39, 0.29) is 47.8 Å². The van der Waals surface area contributed by atoms with Gasteiger partial charge in [-0.1, -0.05) is 23.4 Å². The zero-order valence-corrected chi connectivity index (χ0v) is 21.3. The van der Waals surface area contributed by atoms with Crippen molar-refractivity contribution in [2.24, 2.45) is 5.16 Å². The molecule has 0 saturated carbocycles. The van der Waals surface area contributed by atoms with Crippen LogP contribution in [0.4, 0.5) is 0 Å². The normalized spacial score (nSPS) is 22.1. The van der Waals surface area contributed by atoms with Gasteiger partial charge in [-0.05, 0) is 50.3 Å². The summed E-state index contributed by atoms with van der Waals surface area (Å²) in [5, 5.41) is 27.5. The number of ether oxygens (including phenoxy) is 1. The Morgan fingerprint density at radius 2 is 1.92 bits per heavy atom. The summed E-state index contributed by atoms with van der Waals surface area (Å²) in [5.41, 5.74) is 0.559. The Kier molecular flexibility index (Phi) is 10.1. The van der Waals surface area contributed by atoms with Gasteiger partial charge in [0.1, 0.15) is 23.2 Å². The third-order valence-electron chi connectivity index (χ3n) is 6.07. The van der Waals surface area contributed by atoms with Crippen LogP contribution in [0.1, 0.15) is 61.9 Å². The summed E-state index contributed by atoms with van der Waals surface area (Å²) in [6.45, 7) is 4.32. The number of likely N-dealkylation sites (tertiary alicyclic amines) is 1. The maximum absolute atomic E-state index is 12.9. The molecule has 0 spiro atoms. The Bertz CT molecular complexity index is 1070. The minimum Gasteiger partial charge on any atom is -0.508 e. The predicted octanol–water partition coefficient (Wildman–Crippen LogP) is 2.98. The molecule has 2 amide bonds. The first-order valence-electron chi connectivity index (χ1n) is 12.6. The number of piperidine rings is 1. The van der Waals surface area contributed by atoms with Crippen molar-refractivity contribution in [3.63, 3.8) is 0 Å². The number of nitrogens with zero attached hydrogens (tertiary/aromatic N) is 2. The highest BCUT2D eigenvalue weighted by molar-refractivity contribution is 6.00. The molecule has 2 aliphatic rings. The molecule has 10 nitrogen and oxygen atoms in total. The van der Waals surface area contributed by atoms with Gasteiger partial charge in [-0.15, -0.1) is 0 Å². The average Bonchev–Trinajstić information content (AvgIpc) is 2.82. The molecule has 2 atom stereocenters. The Morgan fingerprint density at radius 3 is 2.65 bits per heavy atom. The molecule has 2 heterocycles. The number of nitrogens with one attached hydrogen (secondary N) is 1. The van der Waals surface area contributed by atoms with Gasteiger partial charge in [0.15, 0.2) is 6.61 Å². The van der Waals surface area contributed by atoms with E-state index in [4.69, 9.17) is 9.57 Å². The summed E-state index contributed by atoms with van der Waals surface area (Å²) in [6.07, 6.45) is 10.5. The standard InChI is InChI=1S/C27H35N3O7/c1-18-8-6-9-21(28-19(2)31)10-7-11-22(29-36-17-25(34)30-12-4-3-5-13-30)14-20-15-23(32)16-24(33)26(20)27(35)37-18/h6-7,9,11,15-16,18,21,32-33H,3-5,8,10,12-14,17H2,1-2H3,(H,28,31). The number of fused-ring (bicyclic) bond motifs is 1. The molecular weight excluding hydrogens is 478 g/mol. The SMILES string of the molecule is CC(=O)NC1C=CCC(C)OC(=O)c2c(O)cc(O)cc2CC(=NOCC(=O)N2CCCCC2)C=CC1. The van der Waals surface area contributed by atoms with Crippen LogP contribution in [0.15, 0.2) is 41.6 Å². The van der Waals surface area contributed by atoms with Crippen LogP contribution < -0.4 is 5.32 Å². The minimum atomic E-state index is -0.742. The third kappa shape index (κ3) is 8.66. The largest absolute Gasteiger partial charge is 0.508 e. The summed E-state index contributed by atoms with van der Waals surface area (Å²) in [4.78, 5) is 44.2. The number of benzene rings is 1. The number of oxime groups is 1. The van der Waals surface area contributed by atoms with Crippen molar-refractivity contribution in [2.75, 3.05) is 19.7 Å². The molecule has 37 heavy (non-hydrogen) atoms. The number of carbonyl (C=O) groups is 3. The summed E-state index contributed by atoms with van der Waals surface area (Å²) < 4.78 is 5.52. The summed E-state index contributed by atoms with van der Waals surface area (Å²) >= 11 is 0. The van der Waals surface area contributed by atoms with E-state index in [1.165, 1.54) is 13.0 Å². The van der Waals surface area contributed by atoms with Crippen LogP contribution in [0.3, 0.4) is 0 Å². The van der Waals surface area contributed by atoms with E-state index in [0.717, 1.165) is 25.3 Å². The molecule has 1 fully saturated rings. The van der Waals surface area contributed by atoms with Crippen LogP contribution in [-0.4, -0.2) is 70.5 Å². The van der Waals surface area contributed by atoms with E-state index >= 15 is 0 Å². The Morgan fingerprint density at radius 1 is 1.16 bits per heavy atom. The molecule has 10 heteroatoms. The number of hydrogen-bond acceptors (Lipinski definition) is 8. The number of phenols is 2. The van der Waals surface area contributed by atoms with Crippen LogP contribution in [0, 0.1) is 0 Å². The molecule has 1 saturated heterocycles. The number of esters is 1. The fourth-order valence-corrected chi connectivity index (χ4v) is 4.29. The second kappa shape index (κ2) is 13.5. The van der Waals surface area contributed by atoms with Crippen LogP contribution >= 0.6 is 0 Å².